The summed E-state index contributed by atoms with van der Waals surface area (Å²) in [4.78, 5) is 5.46. The Morgan fingerprint density at radius 3 is 2.75 bits per heavy atom. The van der Waals surface area contributed by atoms with Gasteiger partial charge in [0, 0.05) is 11.1 Å². The lowest BCUT2D eigenvalue weighted by Crippen LogP contribution is -1.97. The van der Waals surface area contributed by atoms with E-state index in [0.717, 1.165) is 27.7 Å². The van der Waals surface area contributed by atoms with Crippen LogP contribution in [0.4, 0.5) is 10.8 Å². The van der Waals surface area contributed by atoms with Gasteiger partial charge < -0.3 is 11.1 Å². The van der Waals surface area contributed by atoms with Crippen molar-refractivity contribution in [1.82, 2.24) is 9.36 Å². The first-order valence-corrected chi connectivity index (χ1v) is 7.79. The van der Waals surface area contributed by atoms with Crippen molar-refractivity contribution < 1.29 is 0 Å². The van der Waals surface area contributed by atoms with Crippen LogP contribution in [0.5, 0.6) is 0 Å². The van der Waals surface area contributed by atoms with Crippen LogP contribution in [0.1, 0.15) is 9.88 Å². The van der Waals surface area contributed by atoms with Gasteiger partial charge in [0.25, 0.3) is 0 Å². The van der Waals surface area contributed by atoms with Crippen molar-refractivity contribution in [3.05, 3.63) is 46.4 Å². The van der Waals surface area contributed by atoms with E-state index in [2.05, 4.69) is 14.7 Å². The molecule has 0 aliphatic rings. The van der Waals surface area contributed by atoms with Gasteiger partial charge in [0.15, 0.2) is 0 Å². The van der Waals surface area contributed by atoms with Gasteiger partial charge in [-0.3, -0.25) is 0 Å². The lowest BCUT2D eigenvalue weighted by atomic mass is 10.1. The van der Waals surface area contributed by atoms with Crippen molar-refractivity contribution in [1.29, 1.82) is 0 Å². The average Bonchev–Trinajstić information content (AvgIpc) is 3.03. The Labute approximate surface area is 125 Å². The molecule has 0 aliphatic heterocycles. The Hall–Kier alpha value is -1.92. The maximum absolute atomic E-state index is 6.00. The first-order valence-electron chi connectivity index (χ1n) is 6.20. The number of nitrogens with one attached hydrogen (secondary N) is 1. The second kappa shape index (κ2) is 5.60. The number of benzene rings is 1. The molecule has 0 aliphatic carbocycles. The van der Waals surface area contributed by atoms with Crippen LogP contribution in [0.25, 0.3) is 11.1 Å². The first-order chi connectivity index (χ1) is 9.74. The molecule has 0 radical (unpaired) electrons. The number of rotatable bonds is 4. The van der Waals surface area contributed by atoms with E-state index in [1.165, 1.54) is 16.4 Å². The molecule has 0 amide bonds. The molecule has 2 heterocycles. The van der Waals surface area contributed by atoms with Crippen LogP contribution in [-0.4, -0.2) is 9.36 Å². The number of aromatic nitrogens is 2. The number of anilines is 2. The largest absolute Gasteiger partial charge is 0.382 e. The maximum Gasteiger partial charge on any atom is 0.147 e. The highest BCUT2D eigenvalue weighted by molar-refractivity contribution is 7.12. The normalized spacial score (nSPS) is 10.7. The fourth-order valence-corrected chi connectivity index (χ4v) is 3.43. The van der Waals surface area contributed by atoms with E-state index in [0.29, 0.717) is 5.82 Å². The maximum atomic E-state index is 6.00. The molecule has 20 heavy (non-hydrogen) atoms. The van der Waals surface area contributed by atoms with E-state index in [1.54, 1.807) is 11.3 Å². The van der Waals surface area contributed by atoms with Gasteiger partial charge in [0.2, 0.25) is 0 Å². The topological polar surface area (TPSA) is 63.8 Å². The minimum absolute atomic E-state index is 0.573. The lowest BCUT2D eigenvalue weighted by molar-refractivity contribution is 1.18. The standard InChI is InChI=1S/C14H14N4S2/c1-9-16-7-11(19-9)8-17-14-12(13(15)18-20-14)10-5-3-2-4-6-10/h2-7,17H,8H2,1H3,(H2,15,18). The number of aryl methyl sites for hydroxylation is 1. The Balaban J connectivity index is 1.84. The average molecular weight is 302 g/mol. The highest BCUT2D eigenvalue weighted by Crippen LogP contribution is 2.36. The Kier molecular flexibility index (Phi) is 3.66. The van der Waals surface area contributed by atoms with Crippen LogP contribution in [0, 0.1) is 6.92 Å². The molecular weight excluding hydrogens is 288 g/mol. The molecule has 0 fully saturated rings. The molecule has 0 atom stereocenters. The summed E-state index contributed by atoms with van der Waals surface area (Å²) in [5, 5.41) is 5.49. The highest BCUT2D eigenvalue weighted by Gasteiger charge is 2.13. The molecule has 1 aromatic carbocycles. The SMILES string of the molecule is Cc1ncc(CNc2snc(N)c2-c2ccccc2)s1. The summed E-state index contributed by atoms with van der Waals surface area (Å²) in [5.41, 5.74) is 8.06. The molecule has 3 rings (SSSR count). The summed E-state index contributed by atoms with van der Waals surface area (Å²) in [6.45, 7) is 2.75. The van der Waals surface area contributed by atoms with Crippen molar-refractivity contribution in [2.24, 2.45) is 0 Å². The van der Waals surface area contributed by atoms with Gasteiger partial charge in [-0.1, -0.05) is 30.3 Å². The number of hydrogen-bond donors (Lipinski definition) is 2. The predicted molar refractivity (Wildman–Crippen MR) is 86.1 cm³/mol. The van der Waals surface area contributed by atoms with Gasteiger partial charge in [-0.25, -0.2) is 4.98 Å². The van der Waals surface area contributed by atoms with Gasteiger partial charge in [0.05, 0.1) is 17.1 Å². The quantitative estimate of drug-likeness (QED) is 0.770. The molecule has 0 saturated heterocycles. The Morgan fingerprint density at radius 1 is 1.25 bits per heavy atom. The summed E-state index contributed by atoms with van der Waals surface area (Å²) < 4.78 is 4.26. The molecule has 0 spiro atoms. The Morgan fingerprint density at radius 2 is 2.05 bits per heavy atom. The molecule has 102 valence electrons. The highest BCUT2D eigenvalue weighted by atomic mass is 32.1. The fourth-order valence-electron chi connectivity index (χ4n) is 1.96. The second-order valence-electron chi connectivity index (χ2n) is 4.34. The summed E-state index contributed by atoms with van der Waals surface area (Å²) in [7, 11) is 0. The number of hydrogen-bond acceptors (Lipinski definition) is 6. The van der Waals surface area contributed by atoms with Gasteiger partial charge in [-0.2, -0.15) is 4.37 Å². The zero-order chi connectivity index (χ0) is 13.9. The number of nitrogens with two attached hydrogens (primary N) is 1. The van der Waals surface area contributed by atoms with E-state index in [4.69, 9.17) is 5.73 Å². The minimum Gasteiger partial charge on any atom is -0.382 e. The second-order valence-corrected chi connectivity index (χ2v) is 6.43. The molecule has 3 N–H and O–H groups in total. The Bertz CT molecular complexity index is 703. The van der Waals surface area contributed by atoms with E-state index in [-0.39, 0.29) is 0 Å². The van der Waals surface area contributed by atoms with Crippen LogP contribution in [0.15, 0.2) is 36.5 Å². The van der Waals surface area contributed by atoms with Crippen molar-refractivity contribution >= 4 is 33.7 Å². The van der Waals surface area contributed by atoms with E-state index >= 15 is 0 Å². The zero-order valence-corrected chi connectivity index (χ0v) is 12.6. The van der Waals surface area contributed by atoms with Crippen LogP contribution in [-0.2, 0) is 6.54 Å². The predicted octanol–water partition coefficient (Wildman–Crippen LogP) is 3.77. The van der Waals surface area contributed by atoms with Crippen LogP contribution < -0.4 is 11.1 Å². The minimum atomic E-state index is 0.573. The third kappa shape index (κ3) is 2.66. The number of nitrogen functional groups attached to an aromatic ring is 1. The van der Waals surface area contributed by atoms with E-state index < -0.39 is 0 Å². The fraction of sp³-hybridized carbons (Fsp3) is 0.143. The molecule has 0 unspecified atom stereocenters. The molecular formula is C14H14N4S2. The monoisotopic (exact) mass is 302 g/mol. The van der Waals surface area contributed by atoms with E-state index in [1.807, 2.05) is 43.5 Å². The van der Waals surface area contributed by atoms with Gasteiger partial charge in [-0.05, 0) is 24.0 Å². The third-order valence-corrected chi connectivity index (χ3v) is 4.61. The van der Waals surface area contributed by atoms with Crippen molar-refractivity contribution in [2.75, 3.05) is 11.1 Å². The molecule has 0 saturated carbocycles. The van der Waals surface area contributed by atoms with Crippen molar-refractivity contribution in [3.8, 4) is 11.1 Å². The molecule has 0 bridgehead atoms. The van der Waals surface area contributed by atoms with Crippen LogP contribution >= 0.6 is 22.9 Å². The lowest BCUT2D eigenvalue weighted by Gasteiger charge is -2.06. The number of nitrogens with zero attached hydrogens (tertiary/aromatic N) is 2. The van der Waals surface area contributed by atoms with Gasteiger partial charge in [-0.15, -0.1) is 11.3 Å². The zero-order valence-electron chi connectivity index (χ0n) is 11.0. The van der Waals surface area contributed by atoms with Gasteiger partial charge in [0.1, 0.15) is 10.8 Å². The van der Waals surface area contributed by atoms with Crippen LogP contribution in [0.3, 0.4) is 0 Å². The molecule has 3 aromatic rings. The molecule has 6 heteroatoms. The van der Waals surface area contributed by atoms with Gasteiger partial charge >= 0.3 is 0 Å². The van der Waals surface area contributed by atoms with E-state index in [9.17, 15) is 0 Å². The van der Waals surface area contributed by atoms with Crippen LogP contribution in [0.2, 0.25) is 0 Å². The summed E-state index contributed by atoms with van der Waals surface area (Å²) in [6.07, 6.45) is 1.90. The molecule has 4 nitrogen and oxygen atoms in total. The van der Waals surface area contributed by atoms with Crippen molar-refractivity contribution in [3.63, 3.8) is 0 Å². The first kappa shape index (κ1) is 13.1. The van der Waals surface area contributed by atoms with Crippen molar-refractivity contribution in [2.45, 2.75) is 13.5 Å². The molecule has 2 aromatic heterocycles. The smallest absolute Gasteiger partial charge is 0.147 e. The summed E-state index contributed by atoms with van der Waals surface area (Å²) >= 11 is 3.09. The number of thiazole rings is 1. The summed E-state index contributed by atoms with van der Waals surface area (Å²) in [6, 6.07) is 10.1. The third-order valence-electron chi connectivity index (χ3n) is 2.87. The summed E-state index contributed by atoms with van der Waals surface area (Å²) in [5.74, 6) is 0.573.